The van der Waals surface area contributed by atoms with Crippen LogP contribution in [0, 0.1) is 5.92 Å². The molecule has 0 N–H and O–H groups in total. The van der Waals surface area contributed by atoms with Crippen molar-refractivity contribution < 1.29 is 9.59 Å². The van der Waals surface area contributed by atoms with Crippen molar-refractivity contribution in [3.05, 3.63) is 0 Å². The summed E-state index contributed by atoms with van der Waals surface area (Å²) in [4.78, 5) is 28.1. The van der Waals surface area contributed by atoms with Crippen LogP contribution in [0.2, 0.25) is 0 Å². The highest BCUT2D eigenvalue weighted by molar-refractivity contribution is 5.89. The molecule has 0 aromatic rings. The molecule has 102 valence electrons. The molecule has 2 aliphatic rings. The highest BCUT2D eigenvalue weighted by Crippen LogP contribution is 2.24. The normalized spacial score (nSPS) is 26.6. The van der Waals surface area contributed by atoms with Gasteiger partial charge >= 0.3 is 0 Å². The van der Waals surface area contributed by atoms with Gasteiger partial charge in [0, 0.05) is 32.1 Å². The first kappa shape index (κ1) is 13.4. The van der Waals surface area contributed by atoms with Gasteiger partial charge in [-0.1, -0.05) is 6.92 Å². The van der Waals surface area contributed by atoms with Crippen LogP contribution < -0.4 is 0 Å². The topological polar surface area (TPSA) is 40.6 Å². The minimum absolute atomic E-state index is 0.0930. The van der Waals surface area contributed by atoms with Crippen LogP contribution in [0.4, 0.5) is 0 Å². The summed E-state index contributed by atoms with van der Waals surface area (Å²) < 4.78 is 0. The summed E-state index contributed by atoms with van der Waals surface area (Å²) in [7, 11) is 0. The predicted molar refractivity (Wildman–Crippen MR) is 70.0 cm³/mol. The second-order valence-electron chi connectivity index (χ2n) is 5.59. The van der Waals surface area contributed by atoms with E-state index in [4.69, 9.17) is 0 Å². The average molecular weight is 252 g/mol. The first-order valence-corrected chi connectivity index (χ1v) is 7.21. The third-order valence-electron chi connectivity index (χ3n) is 4.30. The van der Waals surface area contributed by atoms with E-state index < -0.39 is 0 Å². The molecule has 2 aliphatic heterocycles. The van der Waals surface area contributed by atoms with E-state index >= 15 is 0 Å². The van der Waals surface area contributed by atoms with Crippen molar-refractivity contribution in [3.8, 4) is 0 Å². The Kier molecular flexibility index (Phi) is 4.25. The number of likely N-dealkylation sites (tertiary alicyclic amines) is 2. The van der Waals surface area contributed by atoms with Gasteiger partial charge in [-0.15, -0.1) is 0 Å². The van der Waals surface area contributed by atoms with Gasteiger partial charge in [-0.2, -0.15) is 0 Å². The Labute approximate surface area is 109 Å². The molecule has 2 atom stereocenters. The first-order chi connectivity index (χ1) is 8.63. The summed E-state index contributed by atoms with van der Waals surface area (Å²) in [5, 5.41) is 0. The quantitative estimate of drug-likeness (QED) is 0.766. The van der Waals surface area contributed by atoms with Crippen molar-refractivity contribution >= 4 is 11.8 Å². The number of amides is 2. The second-order valence-corrected chi connectivity index (χ2v) is 5.59. The molecule has 0 aromatic carbocycles. The molecule has 18 heavy (non-hydrogen) atoms. The molecule has 0 bridgehead atoms. The molecule has 0 aliphatic carbocycles. The molecule has 2 saturated heterocycles. The van der Waals surface area contributed by atoms with Crippen molar-refractivity contribution in [3.63, 3.8) is 0 Å². The fourth-order valence-corrected chi connectivity index (χ4v) is 2.92. The van der Waals surface area contributed by atoms with Crippen molar-refractivity contribution in [2.45, 2.75) is 52.0 Å². The van der Waals surface area contributed by atoms with Gasteiger partial charge in [0.15, 0.2) is 0 Å². The summed E-state index contributed by atoms with van der Waals surface area (Å²) >= 11 is 0. The van der Waals surface area contributed by atoms with Crippen molar-refractivity contribution in [1.82, 2.24) is 9.80 Å². The van der Waals surface area contributed by atoms with E-state index in [0.29, 0.717) is 13.0 Å². The van der Waals surface area contributed by atoms with Crippen LogP contribution in [-0.2, 0) is 9.59 Å². The Balaban J connectivity index is 1.94. The lowest BCUT2D eigenvalue weighted by atomic mass is 10.0. The number of hydrogen-bond acceptors (Lipinski definition) is 2. The Bertz CT molecular complexity index is 324. The van der Waals surface area contributed by atoms with Crippen LogP contribution >= 0.6 is 0 Å². The number of rotatable bonds is 3. The molecular formula is C14H24N2O2. The molecule has 2 amide bonds. The molecule has 0 spiro atoms. The second kappa shape index (κ2) is 5.72. The van der Waals surface area contributed by atoms with Gasteiger partial charge in [0.1, 0.15) is 0 Å². The molecule has 2 unspecified atom stereocenters. The summed E-state index contributed by atoms with van der Waals surface area (Å²) in [6.45, 7) is 6.53. The molecular weight excluding hydrogens is 228 g/mol. The first-order valence-electron chi connectivity index (χ1n) is 7.21. The van der Waals surface area contributed by atoms with Crippen molar-refractivity contribution in [1.29, 1.82) is 0 Å². The van der Waals surface area contributed by atoms with E-state index in [2.05, 4.69) is 13.8 Å². The Morgan fingerprint density at radius 3 is 2.61 bits per heavy atom. The molecule has 2 fully saturated rings. The maximum absolute atomic E-state index is 12.3. The number of nitrogens with zero attached hydrogens (tertiary/aromatic N) is 2. The van der Waals surface area contributed by atoms with Crippen LogP contribution in [0.3, 0.4) is 0 Å². The molecule has 2 rings (SSSR count). The van der Waals surface area contributed by atoms with Gasteiger partial charge in [-0.05, 0) is 32.6 Å². The highest BCUT2D eigenvalue weighted by Gasteiger charge is 2.38. The molecule has 0 radical (unpaired) electrons. The van der Waals surface area contributed by atoms with Gasteiger partial charge in [0.05, 0.1) is 5.92 Å². The number of carbonyl (C=O) groups is 2. The fourth-order valence-electron chi connectivity index (χ4n) is 2.92. The minimum atomic E-state index is -0.0930. The lowest BCUT2D eigenvalue weighted by molar-refractivity contribution is -0.136. The van der Waals surface area contributed by atoms with Crippen LogP contribution in [0.5, 0.6) is 0 Å². The molecule has 4 heteroatoms. The van der Waals surface area contributed by atoms with Crippen molar-refractivity contribution in [2.24, 2.45) is 5.92 Å². The SMILES string of the molecule is CCC(C)N1CC(C(=O)N2CCCCC2)CC1=O. The average Bonchev–Trinajstić information content (AvgIpc) is 2.80. The lowest BCUT2D eigenvalue weighted by Crippen LogP contribution is -2.41. The van der Waals surface area contributed by atoms with Crippen LogP contribution in [0.25, 0.3) is 0 Å². The molecule has 0 saturated carbocycles. The van der Waals surface area contributed by atoms with E-state index in [9.17, 15) is 9.59 Å². The van der Waals surface area contributed by atoms with Gasteiger partial charge < -0.3 is 9.80 Å². The fraction of sp³-hybridized carbons (Fsp3) is 0.857. The third kappa shape index (κ3) is 2.68. The van der Waals surface area contributed by atoms with Crippen LogP contribution in [0.1, 0.15) is 46.0 Å². The van der Waals surface area contributed by atoms with Crippen LogP contribution in [0.15, 0.2) is 0 Å². The summed E-state index contributed by atoms with van der Waals surface area (Å²) in [6.07, 6.45) is 4.82. The van der Waals surface area contributed by atoms with Crippen LogP contribution in [-0.4, -0.2) is 47.3 Å². The number of hydrogen-bond donors (Lipinski definition) is 0. The van der Waals surface area contributed by atoms with Gasteiger partial charge in [-0.3, -0.25) is 9.59 Å². The highest BCUT2D eigenvalue weighted by atomic mass is 16.2. The van der Waals surface area contributed by atoms with E-state index in [1.165, 1.54) is 6.42 Å². The van der Waals surface area contributed by atoms with E-state index in [-0.39, 0.29) is 23.8 Å². The summed E-state index contributed by atoms with van der Waals surface area (Å²) in [6, 6.07) is 0.261. The van der Waals surface area contributed by atoms with Gasteiger partial charge in [-0.25, -0.2) is 0 Å². The lowest BCUT2D eigenvalue weighted by Gasteiger charge is -2.29. The Hall–Kier alpha value is -1.06. The minimum Gasteiger partial charge on any atom is -0.342 e. The zero-order chi connectivity index (χ0) is 13.1. The zero-order valence-corrected chi connectivity index (χ0v) is 11.5. The van der Waals surface area contributed by atoms with Gasteiger partial charge in [0.25, 0.3) is 0 Å². The molecule has 4 nitrogen and oxygen atoms in total. The van der Waals surface area contributed by atoms with E-state index in [1.54, 1.807) is 0 Å². The maximum Gasteiger partial charge on any atom is 0.227 e. The molecule has 2 heterocycles. The number of carbonyl (C=O) groups excluding carboxylic acids is 2. The van der Waals surface area contributed by atoms with E-state index in [0.717, 1.165) is 32.4 Å². The maximum atomic E-state index is 12.3. The summed E-state index contributed by atoms with van der Waals surface area (Å²) in [5.74, 6) is 0.262. The Morgan fingerprint density at radius 2 is 2.00 bits per heavy atom. The monoisotopic (exact) mass is 252 g/mol. The standard InChI is InChI=1S/C14H24N2O2/c1-3-11(2)16-10-12(9-13(16)17)14(18)15-7-5-4-6-8-15/h11-12H,3-10H2,1-2H3. The largest absolute Gasteiger partial charge is 0.342 e. The zero-order valence-electron chi connectivity index (χ0n) is 11.5. The Morgan fingerprint density at radius 1 is 1.33 bits per heavy atom. The van der Waals surface area contributed by atoms with Crippen molar-refractivity contribution in [2.75, 3.05) is 19.6 Å². The van der Waals surface area contributed by atoms with Gasteiger partial charge in [0.2, 0.25) is 11.8 Å². The summed E-state index contributed by atoms with van der Waals surface area (Å²) in [5.41, 5.74) is 0. The number of piperidine rings is 1. The molecule has 0 aromatic heterocycles. The smallest absolute Gasteiger partial charge is 0.227 e. The van der Waals surface area contributed by atoms with E-state index in [1.807, 2.05) is 9.80 Å². The third-order valence-corrected chi connectivity index (χ3v) is 4.30. The predicted octanol–water partition coefficient (Wildman–Crippen LogP) is 1.65.